The van der Waals surface area contributed by atoms with Crippen molar-refractivity contribution in [3.05, 3.63) is 0 Å². The summed E-state index contributed by atoms with van der Waals surface area (Å²) in [6.07, 6.45) is 0. The van der Waals surface area contributed by atoms with Gasteiger partial charge in [-0.15, -0.1) is 9.24 Å². The first-order valence-electron chi connectivity index (χ1n) is 1.13. The second-order valence-corrected chi connectivity index (χ2v) is 5.00. The Hall–Kier alpha value is 1.16. The van der Waals surface area contributed by atoms with Gasteiger partial charge in [-0.1, -0.05) is 22.6 Å². The highest BCUT2D eigenvalue weighted by Crippen LogP contribution is 2.04. The molecule has 0 heterocycles. The van der Waals surface area contributed by atoms with Crippen molar-refractivity contribution < 1.29 is 0 Å². The summed E-state index contributed by atoms with van der Waals surface area (Å²) in [5.74, 6) is 0. The second kappa shape index (κ2) is 2.40. The van der Waals surface area contributed by atoms with E-state index < -0.39 is 0 Å². The van der Waals surface area contributed by atoms with Gasteiger partial charge in [0.15, 0.2) is 0 Å². The fraction of sp³-hybridized carbons (Fsp3) is 1.00. The van der Waals surface area contributed by atoms with E-state index >= 15 is 0 Å². The van der Waals surface area contributed by atoms with Gasteiger partial charge >= 0.3 is 0 Å². The van der Waals surface area contributed by atoms with Gasteiger partial charge in [-0.3, -0.25) is 0 Å². The fourth-order valence-corrected chi connectivity index (χ4v) is 0. The van der Waals surface area contributed by atoms with Crippen molar-refractivity contribution in [2.75, 3.05) is 0 Å². The van der Waals surface area contributed by atoms with Crippen LogP contribution >= 0.6 is 31.8 Å². The largest absolute Gasteiger partial charge is 0.124 e. The van der Waals surface area contributed by atoms with Gasteiger partial charge in [-0.2, -0.15) is 0 Å². The topological polar surface area (TPSA) is 0 Å². The van der Waals surface area contributed by atoms with Crippen molar-refractivity contribution >= 4 is 31.8 Å². The van der Waals surface area contributed by atoms with Crippen LogP contribution in [0.1, 0.15) is 6.92 Å². The Balaban J connectivity index is 2.32. The third-order valence-electron chi connectivity index (χ3n) is 0. The Bertz CT molecular complexity index is 10.8. The molecule has 0 N–H and O–H groups in total. The van der Waals surface area contributed by atoms with Crippen molar-refractivity contribution in [2.24, 2.45) is 0 Å². The number of rotatable bonds is 0. The predicted octanol–water partition coefficient (Wildman–Crippen LogP) is 1.64. The summed E-state index contributed by atoms with van der Waals surface area (Å²) < 4.78 is 0.720. The zero-order valence-electron chi connectivity index (χ0n) is 2.53. The summed E-state index contributed by atoms with van der Waals surface area (Å²) in [5, 5.41) is 0. The Kier molecular flexibility index (Phi) is 3.10. The average molecular weight is 188 g/mol. The van der Waals surface area contributed by atoms with Crippen molar-refractivity contribution in [1.82, 2.24) is 0 Å². The Labute approximate surface area is 42.7 Å². The third kappa shape index (κ3) is 11.0. The van der Waals surface area contributed by atoms with Gasteiger partial charge in [0.1, 0.15) is 0 Å². The quantitative estimate of drug-likeness (QED) is 0.308. The molecular weight excluding hydrogens is 182 g/mol. The molecule has 0 radical (unpaired) electrons. The van der Waals surface area contributed by atoms with E-state index in [-0.39, 0.29) is 0 Å². The zero-order valence-corrected chi connectivity index (χ0v) is 5.84. The lowest BCUT2D eigenvalue weighted by Gasteiger charge is -1.76. The Morgan fingerprint density at radius 2 is 2.00 bits per heavy atom. The first-order chi connectivity index (χ1) is 1.73. The SMILES string of the molecule is CC(P)I. The molecule has 0 fully saturated rings. The van der Waals surface area contributed by atoms with Gasteiger partial charge in [0.25, 0.3) is 0 Å². The van der Waals surface area contributed by atoms with E-state index in [0.717, 1.165) is 3.67 Å². The van der Waals surface area contributed by atoms with Gasteiger partial charge in [0.05, 0.1) is 0 Å². The Morgan fingerprint density at radius 3 is 2.00 bits per heavy atom. The molecule has 0 saturated carbocycles. The molecule has 0 aromatic heterocycles. The van der Waals surface area contributed by atoms with Crippen LogP contribution in [0.15, 0.2) is 0 Å². The molecule has 0 saturated heterocycles. The number of hydrogen-bond donors (Lipinski definition) is 0. The van der Waals surface area contributed by atoms with Crippen LogP contribution in [-0.4, -0.2) is 3.67 Å². The lowest BCUT2D eigenvalue weighted by Crippen LogP contribution is -1.59. The van der Waals surface area contributed by atoms with Gasteiger partial charge < -0.3 is 0 Å². The van der Waals surface area contributed by atoms with Crippen molar-refractivity contribution in [1.29, 1.82) is 0 Å². The first-order valence-corrected chi connectivity index (χ1v) is 3.04. The van der Waals surface area contributed by atoms with Crippen LogP contribution in [0.25, 0.3) is 0 Å². The molecule has 0 spiro atoms. The lowest BCUT2D eigenvalue weighted by molar-refractivity contribution is 1.49. The molecule has 0 aliphatic rings. The maximum atomic E-state index is 2.64. The summed E-state index contributed by atoms with van der Waals surface area (Å²) in [6, 6.07) is 0. The number of halogens is 1. The van der Waals surface area contributed by atoms with Crippen LogP contribution in [0, 0.1) is 0 Å². The van der Waals surface area contributed by atoms with Crippen LogP contribution in [0.2, 0.25) is 0 Å². The molecule has 2 heteroatoms. The van der Waals surface area contributed by atoms with E-state index in [1.807, 2.05) is 0 Å². The minimum absolute atomic E-state index is 0.720. The summed E-state index contributed by atoms with van der Waals surface area (Å²) in [4.78, 5) is 0. The highest BCUT2D eigenvalue weighted by molar-refractivity contribution is 14.1. The molecule has 2 atom stereocenters. The number of alkyl halides is 1. The average Bonchev–Trinajstić information content (AvgIpc) is 0.811. The molecule has 0 nitrogen and oxygen atoms in total. The maximum absolute atomic E-state index is 2.64. The molecule has 0 bridgehead atoms. The van der Waals surface area contributed by atoms with E-state index in [0.29, 0.717) is 0 Å². The zero-order chi connectivity index (χ0) is 3.58. The summed E-state index contributed by atoms with van der Waals surface area (Å²) in [6.45, 7) is 2.12. The predicted molar refractivity (Wildman–Crippen MR) is 33.2 cm³/mol. The molecule has 0 aromatic carbocycles. The number of hydrogen-bond acceptors (Lipinski definition) is 0. The van der Waals surface area contributed by atoms with Crippen LogP contribution < -0.4 is 0 Å². The second-order valence-electron chi connectivity index (χ2n) is 0.678. The molecule has 0 rings (SSSR count). The minimum atomic E-state index is 0.720. The third-order valence-corrected chi connectivity index (χ3v) is 0. The van der Waals surface area contributed by atoms with Crippen LogP contribution in [-0.2, 0) is 0 Å². The van der Waals surface area contributed by atoms with Crippen molar-refractivity contribution in [3.63, 3.8) is 0 Å². The van der Waals surface area contributed by atoms with Crippen LogP contribution in [0.5, 0.6) is 0 Å². The van der Waals surface area contributed by atoms with Gasteiger partial charge in [0.2, 0.25) is 0 Å². The summed E-state index contributed by atoms with van der Waals surface area (Å²) in [7, 11) is 2.64. The highest BCUT2D eigenvalue weighted by atomic mass is 127. The molecule has 4 heavy (non-hydrogen) atoms. The highest BCUT2D eigenvalue weighted by Gasteiger charge is 1.70. The molecular formula is C2H6IP. The fourth-order valence-electron chi connectivity index (χ4n) is 0. The van der Waals surface area contributed by atoms with Crippen LogP contribution in [0.3, 0.4) is 0 Å². The molecule has 0 amide bonds. The van der Waals surface area contributed by atoms with E-state index in [2.05, 4.69) is 38.8 Å². The minimum Gasteiger partial charge on any atom is -0.124 e. The van der Waals surface area contributed by atoms with Gasteiger partial charge in [-0.25, -0.2) is 0 Å². The van der Waals surface area contributed by atoms with Gasteiger partial charge in [-0.05, 0) is 6.92 Å². The van der Waals surface area contributed by atoms with E-state index in [1.54, 1.807) is 0 Å². The molecule has 2 unspecified atom stereocenters. The maximum Gasteiger partial charge on any atom is 0.0225 e. The summed E-state index contributed by atoms with van der Waals surface area (Å²) in [5.41, 5.74) is 0. The normalized spacial score (nSPS) is 15.8. The smallest absolute Gasteiger partial charge is 0.0225 e. The lowest BCUT2D eigenvalue weighted by atomic mass is 11.0. The van der Waals surface area contributed by atoms with E-state index in [1.165, 1.54) is 0 Å². The first kappa shape index (κ1) is 5.16. The monoisotopic (exact) mass is 188 g/mol. The molecule has 26 valence electrons. The van der Waals surface area contributed by atoms with E-state index in [4.69, 9.17) is 0 Å². The summed E-state index contributed by atoms with van der Waals surface area (Å²) >= 11 is 2.31. The van der Waals surface area contributed by atoms with Crippen LogP contribution in [0.4, 0.5) is 0 Å². The van der Waals surface area contributed by atoms with Crippen molar-refractivity contribution in [3.8, 4) is 0 Å². The standard InChI is InChI=1S/C2H6IP/c1-2(3)4/h2H,4H2,1H3. The molecule has 0 aliphatic carbocycles. The van der Waals surface area contributed by atoms with Crippen molar-refractivity contribution in [2.45, 2.75) is 10.6 Å². The Morgan fingerprint density at radius 1 is 2.00 bits per heavy atom. The van der Waals surface area contributed by atoms with Gasteiger partial charge in [0, 0.05) is 3.67 Å². The van der Waals surface area contributed by atoms with E-state index in [9.17, 15) is 0 Å². The molecule has 0 aliphatic heterocycles. The molecule has 0 aromatic rings.